The van der Waals surface area contributed by atoms with Crippen molar-refractivity contribution in [1.82, 2.24) is 0 Å². The zero-order valence-corrected chi connectivity index (χ0v) is 9.14. The van der Waals surface area contributed by atoms with E-state index >= 15 is 0 Å². The molecule has 0 aliphatic carbocycles. The van der Waals surface area contributed by atoms with Crippen LogP contribution in [-0.2, 0) is 10.0 Å². The fraction of sp³-hybridized carbons (Fsp3) is 0.250. The quantitative estimate of drug-likeness (QED) is 0.797. The predicted molar refractivity (Wildman–Crippen MR) is 53.8 cm³/mol. The molecular formula is C8H8ClNO4S. The molecule has 0 saturated heterocycles. The number of hydrogen-bond donors (Lipinski definition) is 1. The third-order valence-corrected chi connectivity index (χ3v) is 3.28. The second-order valence-corrected chi connectivity index (χ2v) is 4.91. The topological polar surface area (TPSA) is 78.6 Å². The lowest BCUT2D eigenvalue weighted by Gasteiger charge is -2.19. The van der Waals surface area contributed by atoms with Gasteiger partial charge in [0.15, 0.2) is 11.5 Å². The highest BCUT2D eigenvalue weighted by Crippen LogP contribution is 2.36. The summed E-state index contributed by atoms with van der Waals surface area (Å²) in [7, 11) is -3.83. The molecule has 0 saturated carbocycles. The molecule has 0 bridgehead atoms. The highest BCUT2D eigenvalue weighted by atomic mass is 35.5. The Morgan fingerprint density at radius 3 is 2.27 bits per heavy atom. The van der Waals surface area contributed by atoms with Gasteiger partial charge in [0.05, 0.1) is 5.02 Å². The van der Waals surface area contributed by atoms with Crippen LogP contribution in [0.15, 0.2) is 17.0 Å². The minimum atomic E-state index is -3.83. The van der Waals surface area contributed by atoms with Crippen molar-refractivity contribution in [2.75, 3.05) is 13.2 Å². The van der Waals surface area contributed by atoms with Gasteiger partial charge in [0.25, 0.3) is 0 Å². The summed E-state index contributed by atoms with van der Waals surface area (Å²) in [6, 6.07) is 2.65. The van der Waals surface area contributed by atoms with E-state index in [-0.39, 0.29) is 9.92 Å². The average molecular weight is 250 g/mol. The Bertz CT molecular complexity index is 500. The number of rotatable bonds is 1. The number of sulfonamides is 1. The Balaban J connectivity index is 2.60. The molecule has 0 amide bonds. The summed E-state index contributed by atoms with van der Waals surface area (Å²) in [5.74, 6) is 0.772. The van der Waals surface area contributed by atoms with Crippen LogP contribution in [-0.4, -0.2) is 21.6 Å². The zero-order valence-electron chi connectivity index (χ0n) is 7.57. The molecule has 5 nitrogen and oxygen atoms in total. The molecule has 2 N–H and O–H groups in total. The summed E-state index contributed by atoms with van der Waals surface area (Å²) in [5, 5.41) is 5.01. The second-order valence-electron chi connectivity index (χ2n) is 2.97. The van der Waals surface area contributed by atoms with Crippen LogP contribution in [0.5, 0.6) is 11.5 Å². The van der Waals surface area contributed by atoms with E-state index in [1.807, 2.05) is 0 Å². The molecule has 0 radical (unpaired) electrons. The Morgan fingerprint density at radius 1 is 1.20 bits per heavy atom. The molecule has 0 unspecified atom stereocenters. The van der Waals surface area contributed by atoms with E-state index in [1.165, 1.54) is 12.1 Å². The van der Waals surface area contributed by atoms with Gasteiger partial charge >= 0.3 is 0 Å². The molecule has 1 heterocycles. The molecular weight excluding hydrogens is 242 g/mol. The van der Waals surface area contributed by atoms with Gasteiger partial charge in [-0.3, -0.25) is 0 Å². The third kappa shape index (κ3) is 2.01. The first-order valence-electron chi connectivity index (χ1n) is 4.10. The number of nitrogens with two attached hydrogens (primary N) is 1. The summed E-state index contributed by atoms with van der Waals surface area (Å²) in [6.45, 7) is 0.788. The minimum absolute atomic E-state index is 0.0294. The van der Waals surface area contributed by atoms with Gasteiger partial charge in [0, 0.05) is 12.1 Å². The van der Waals surface area contributed by atoms with Gasteiger partial charge in [-0.15, -0.1) is 0 Å². The maximum Gasteiger partial charge on any atom is 0.239 e. The number of primary sulfonamides is 1. The van der Waals surface area contributed by atoms with Crippen molar-refractivity contribution < 1.29 is 17.9 Å². The average Bonchev–Trinajstić information content (AvgIpc) is 2.15. The van der Waals surface area contributed by atoms with Crippen molar-refractivity contribution in [3.63, 3.8) is 0 Å². The van der Waals surface area contributed by atoms with Gasteiger partial charge in [-0.05, 0) is 0 Å². The van der Waals surface area contributed by atoms with Gasteiger partial charge in [-0.1, -0.05) is 11.6 Å². The lowest BCUT2D eigenvalue weighted by Crippen LogP contribution is -2.17. The van der Waals surface area contributed by atoms with E-state index in [2.05, 4.69) is 0 Å². The molecule has 1 aromatic rings. The number of halogens is 1. The van der Waals surface area contributed by atoms with Crippen molar-refractivity contribution >= 4 is 21.6 Å². The van der Waals surface area contributed by atoms with E-state index in [0.717, 1.165) is 0 Å². The monoisotopic (exact) mass is 249 g/mol. The Morgan fingerprint density at radius 2 is 1.73 bits per heavy atom. The SMILES string of the molecule is NS(=O)(=O)c1cc2c(cc1Cl)OCCO2. The van der Waals surface area contributed by atoms with Crippen LogP contribution in [0, 0.1) is 0 Å². The van der Waals surface area contributed by atoms with Gasteiger partial charge in [-0.2, -0.15) is 0 Å². The summed E-state index contributed by atoms with van der Waals surface area (Å²) in [5.41, 5.74) is 0. The third-order valence-electron chi connectivity index (χ3n) is 1.90. The van der Waals surface area contributed by atoms with Gasteiger partial charge < -0.3 is 9.47 Å². The van der Waals surface area contributed by atoms with E-state index in [0.29, 0.717) is 24.7 Å². The second kappa shape index (κ2) is 3.55. The molecule has 15 heavy (non-hydrogen) atoms. The van der Waals surface area contributed by atoms with Crippen LogP contribution >= 0.6 is 11.6 Å². The zero-order chi connectivity index (χ0) is 11.1. The maximum absolute atomic E-state index is 11.1. The lowest BCUT2D eigenvalue weighted by atomic mass is 10.3. The van der Waals surface area contributed by atoms with Gasteiger partial charge in [0.1, 0.15) is 18.1 Å². The maximum atomic E-state index is 11.1. The minimum Gasteiger partial charge on any atom is -0.486 e. The Labute approximate surface area is 91.8 Å². The number of ether oxygens (including phenoxy) is 2. The molecule has 2 rings (SSSR count). The van der Waals surface area contributed by atoms with E-state index < -0.39 is 10.0 Å². The molecule has 0 atom stereocenters. The summed E-state index contributed by atoms with van der Waals surface area (Å²) in [4.78, 5) is -0.159. The Kier molecular flexibility index (Phi) is 2.49. The number of hydrogen-bond acceptors (Lipinski definition) is 4. The Hall–Kier alpha value is -0.980. The summed E-state index contributed by atoms with van der Waals surface area (Å²) in [6.07, 6.45) is 0. The highest BCUT2D eigenvalue weighted by Gasteiger charge is 2.20. The highest BCUT2D eigenvalue weighted by molar-refractivity contribution is 7.89. The van der Waals surface area contributed by atoms with Crippen LogP contribution in [0.25, 0.3) is 0 Å². The van der Waals surface area contributed by atoms with Crippen molar-refractivity contribution in [3.8, 4) is 11.5 Å². The molecule has 0 aromatic heterocycles. The van der Waals surface area contributed by atoms with E-state index in [9.17, 15) is 8.42 Å². The first-order valence-corrected chi connectivity index (χ1v) is 6.03. The molecule has 1 aliphatic rings. The fourth-order valence-corrected chi connectivity index (χ4v) is 2.34. The predicted octanol–water partition coefficient (Wildman–Crippen LogP) is 0.759. The molecule has 1 aliphatic heterocycles. The van der Waals surface area contributed by atoms with Crippen LogP contribution in [0.3, 0.4) is 0 Å². The van der Waals surface area contributed by atoms with Crippen molar-refractivity contribution in [2.24, 2.45) is 5.14 Å². The van der Waals surface area contributed by atoms with Crippen molar-refractivity contribution in [1.29, 1.82) is 0 Å². The summed E-state index contributed by atoms with van der Waals surface area (Å²) >= 11 is 5.75. The lowest BCUT2D eigenvalue weighted by molar-refractivity contribution is 0.171. The van der Waals surface area contributed by atoms with E-state index in [4.69, 9.17) is 26.2 Å². The normalized spacial score (nSPS) is 15.1. The van der Waals surface area contributed by atoms with Gasteiger partial charge in [-0.25, -0.2) is 13.6 Å². The first-order chi connectivity index (χ1) is 6.98. The summed E-state index contributed by atoms with van der Waals surface area (Å²) < 4.78 is 32.7. The largest absolute Gasteiger partial charge is 0.486 e. The van der Waals surface area contributed by atoms with Crippen LogP contribution in [0.2, 0.25) is 5.02 Å². The van der Waals surface area contributed by atoms with Crippen LogP contribution in [0.1, 0.15) is 0 Å². The molecule has 82 valence electrons. The van der Waals surface area contributed by atoms with Gasteiger partial charge in [0.2, 0.25) is 10.0 Å². The number of benzene rings is 1. The first kappa shape index (κ1) is 10.5. The van der Waals surface area contributed by atoms with Crippen molar-refractivity contribution in [3.05, 3.63) is 17.2 Å². The van der Waals surface area contributed by atoms with E-state index in [1.54, 1.807) is 0 Å². The fourth-order valence-electron chi connectivity index (χ4n) is 1.26. The van der Waals surface area contributed by atoms with Crippen LogP contribution < -0.4 is 14.6 Å². The molecule has 0 spiro atoms. The molecule has 1 aromatic carbocycles. The smallest absolute Gasteiger partial charge is 0.239 e. The molecule has 0 fully saturated rings. The van der Waals surface area contributed by atoms with Crippen LogP contribution in [0.4, 0.5) is 0 Å². The standard InChI is InChI=1S/C8H8ClNO4S/c9-5-3-6-7(14-2-1-13-6)4-8(5)15(10,11)12/h3-4H,1-2H2,(H2,10,11,12). The van der Waals surface area contributed by atoms with Crippen molar-refractivity contribution in [2.45, 2.75) is 4.90 Å². The number of fused-ring (bicyclic) bond motifs is 1. The molecule has 7 heteroatoms.